The third-order valence-corrected chi connectivity index (χ3v) is 10.1. The van der Waals surface area contributed by atoms with E-state index >= 15 is 0 Å². The average molecular weight is 672 g/mol. The lowest BCUT2D eigenvalue weighted by molar-refractivity contribution is -0.0592. The van der Waals surface area contributed by atoms with E-state index in [9.17, 15) is 4.39 Å². The maximum atomic E-state index is 14.2. The Balaban J connectivity index is 0.941. The van der Waals surface area contributed by atoms with Crippen LogP contribution in [0.3, 0.4) is 0 Å². The Kier molecular flexibility index (Phi) is 9.09. The number of pyridine rings is 1. The Morgan fingerprint density at radius 1 is 0.979 bits per heavy atom. The quantitative estimate of drug-likeness (QED) is 0.164. The molecule has 0 bridgehead atoms. The number of likely N-dealkylation sites (tertiary alicyclic amines) is 1. The van der Waals surface area contributed by atoms with Gasteiger partial charge in [0.15, 0.2) is 0 Å². The van der Waals surface area contributed by atoms with E-state index in [1.807, 2.05) is 23.0 Å². The van der Waals surface area contributed by atoms with E-state index in [-0.39, 0.29) is 24.6 Å². The number of hydrogen-bond acceptors (Lipinski definition) is 8. The maximum absolute atomic E-state index is 14.2. The Labute approximate surface area is 283 Å². The van der Waals surface area contributed by atoms with Gasteiger partial charge in [0.25, 0.3) is 0 Å². The van der Waals surface area contributed by atoms with Crippen LogP contribution in [-0.4, -0.2) is 73.4 Å². The van der Waals surface area contributed by atoms with E-state index in [1.165, 1.54) is 6.07 Å². The summed E-state index contributed by atoms with van der Waals surface area (Å²) in [6, 6.07) is 17.1. The van der Waals surface area contributed by atoms with Crippen LogP contribution >= 0.6 is 11.6 Å². The van der Waals surface area contributed by atoms with Crippen molar-refractivity contribution in [3.8, 4) is 17.1 Å². The number of fused-ring (bicyclic) bond motifs is 1. The van der Waals surface area contributed by atoms with Crippen molar-refractivity contribution in [2.24, 2.45) is 0 Å². The topological polar surface area (TPSA) is 92.3 Å². The normalized spacial score (nSPS) is 20.6. The van der Waals surface area contributed by atoms with Crippen LogP contribution in [0.4, 0.5) is 4.39 Å². The second-order valence-corrected chi connectivity index (χ2v) is 13.5. The molecule has 0 saturated carbocycles. The van der Waals surface area contributed by atoms with Gasteiger partial charge in [-0.15, -0.1) is 5.10 Å². The van der Waals surface area contributed by atoms with Gasteiger partial charge in [-0.25, -0.2) is 19.0 Å². The molecule has 0 spiro atoms. The van der Waals surface area contributed by atoms with Gasteiger partial charge in [0.05, 0.1) is 49.1 Å². The molecule has 6 heterocycles. The summed E-state index contributed by atoms with van der Waals surface area (Å²) in [7, 11) is 0. The highest BCUT2D eigenvalue weighted by atomic mass is 35.5. The van der Waals surface area contributed by atoms with Crippen LogP contribution < -0.4 is 4.74 Å². The van der Waals surface area contributed by atoms with Crippen LogP contribution in [0.2, 0.25) is 5.02 Å². The summed E-state index contributed by atoms with van der Waals surface area (Å²) in [5, 5.41) is 9.28. The minimum atomic E-state index is -0.380. The van der Waals surface area contributed by atoms with E-state index in [0.717, 1.165) is 105 Å². The summed E-state index contributed by atoms with van der Waals surface area (Å²) in [5.41, 5.74) is 5.41. The number of halogens is 2. The van der Waals surface area contributed by atoms with Gasteiger partial charge >= 0.3 is 0 Å². The molecule has 0 amide bonds. The Bertz CT molecular complexity index is 1880. The molecule has 8 rings (SSSR count). The van der Waals surface area contributed by atoms with E-state index in [0.29, 0.717) is 29.0 Å². The summed E-state index contributed by atoms with van der Waals surface area (Å²) in [6.07, 6.45) is 7.40. The third kappa shape index (κ3) is 6.82. The van der Waals surface area contributed by atoms with Gasteiger partial charge < -0.3 is 18.8 Å². The molecule has 3 aromatic heterocycles. The second kappa shape index (κ2) is 13.9. The number of imidazole rings is 1. The molecule has 48 heavy (non-hydrogen) atoms. The van der Waals surface area contributed by atoms with Crippen LogP contribution in [0.15, 0.2) is 60.8 Å². The zero-order valence-electron chi connectivity index (χ0n) is 26.8. The first-order chi connectivity index (χ1) is 23.6. The van der Waals surface area contributed by atoms with Gasteiger partial charge in [-0.3, -0.25) is 4.90 Å². The lowest BCUT2D eigenvalue weighted by Gasteiger charge is -2.32. The van der Waals surface area contributed by atoms with E-state index in [4.69, 9.17) is 35.8 Å². The number of piperidine rings is 1. The second-order valence-electron chi connectivity index (χ2n) is 13.1. The fraction of sp³-hybridized carbons (Fsp3) is 0.444. The molecule has 250 valence electrons. The van der Waals surface area contributed by atoms with Crippen molar-refractivity contribution in [2.75, 3.05) is 32.9 Å². The largest absolute Gasteiger partial charge is 0.473 e. The Morgan fingerprint density at radius 3 is 2.67 bits per heavy atom. The monoisotopic (exact) mass is 671 g/mol. The molecule has 2 atom stereocenters. The van der Waals surface area contributed by atoms with Crippen molar-refractivity contribution in [1.29, 1.82) is 0 Å². The molecule has 3 fully saturated rings. The highest BCUT2D eigenvalue weighted by molar-refractivity contribution is 6.30. The first kappa shape index (κ1) is 31.4. The molecular formula is C36H39ClFN7O3. The van der Waals surface area contributed by atoms with Crippen LogP contribution in [-0.2, 0) is 29.2 Å². The minimum absolute atomic E-state index is 0.0995. The van der Waals surface area contributed by atoms with Gasteiger partial charge in [0, 0.05) is 47.0 Å². The number of benzene rings is 2. The van der Waals surface area contributed by atoms with Crippen LogP contribution in [0, 0.1) is 5.82 Å². The molecule has 0 radical (unpaired) electrons. The first-order valence-corrected chi connectivity index (χ1v) is 17.3. The maximum Gasteiger partial charge on any atom is 0.213 e. The fourth-order valence-electron chi connectivity index (χ4n) is 6.93. The number of nitrogens with zero attached hydrogens (tertiary/aromatic N) is 7. The molecule has 12 heteroatoms. The summed E-state index contributed by atoms with van der Waals surface area (Å²) in [4.78, 5) is 12.4. The van der Waals surface area contributed by atoms with Gasteiger partial charge in [-0.2, -0.15) is 0 Å². The van der Waals surface area contributed by atoms with Crippen molar-refractivity contribution >= 4 is 22.6 Å². The molecular weight excluding hydrogens is 633 g/mol. The molecule has 0 aliphatic carbocycles. The predicted octanol–water partition coefficient (Wildman–Crippen LogP) is 6.58. The van der Waals surface area contributed by atoms with Crippen molar-refractivity contribution in [3.63, 3.8) is 0 Å². The zero-order chi connectivity index (χ0) is 32.5. The van der Waals surface area contributed by atoms with E-state index < -0.39 is 0 Å². The van der Waals surface area contributed by atoms with Gasteiger partial charge in [0.2, 0.25) is 5.88 Å². The number of rotatable bonds is 10. The third-order valence-electron chi connectivity index (χ3n) is 9.83. The molecule has 1 unspecified atom stereocenters. The van der Waals surface area contributed by atoms with Crippen LogP contribution in [0.1, 0.15) is 61.1 Å². The zero-order valence-corrected chi connectivity index (χ0v) is 27.6. The minimum Gasteiger partial charge on any atom is -0.473 e. The fourth-order valence-corrected chi connectivity index (χ4v) is 7.09. The summed E-state index contributed by atoms with van der Waals surface area (Å²) >= 11 is 5.89. The smallest absolute Gasteiger partial charge is 0.213 e. The first-order valence-electron chi connectivity index (χ1n) is 16.9. The SMILES string of the molecule is Fc1cc(Cl)ccc1COc1cccc(C2CCN(Cc3nc4cc(-c5cn(C6CCCOC6)nn5)ccc4n3C[C@@H]3CCO3)CC2)n1. The highest BCUT2D eigenvalue weighted by Crippen LogP contribution is 2.31. The molecule has 10 nitrogen and oxygen atoms in total. The number of ether oxygens (including phenoxy) is 3. The molecule has 3 aliphatic rings. The van der Waals surface area contributed by atoms with Crippen LogP contribution in [0.25, 0.3) is 22.3 Å². The summed E-state index contributed by atoms with van der Waals surface area (Å²) in [6.45, 7) is 5.88. The molecule has 0 N–H and O–H groups in total. The van der Waals surface area contributed by atoms with Crippen molar-refractivity contribution in [1.82, 2.24) is 34.4 Å². The number of hydrogen-bond donors (Lipinski definition) is 0. The average Bonchev–Trinajstić information content (AvgIpc) is 3.72. The van der Waals surface area contributed by atoms with Crippen LogP contribution in [0.5, 0.6) is 5.88 Å². The lowest BCUT2D eigenvalue weighted by Crippen LogP contribution is -2.35. The molecule has 3 saturated heterocycles. The van der Waals surface area contributed by atoms with Gasteiger partial charge in [-0.05, 0) is 75.5 Å². The standard InChI is InChI=1S/C36H39ClFN7O3/c37-27-8-6-26(30(38)18-27)22-48-36-5-1-4-31(40-36)24-10-13-43(14-11-24)21-35-39-32-17-25(7-9-34(32)44(35)19-29-12-16-47-29)33-20-45(42-41-33)28-3-2-15-46-23-28/h1,4-9,17-18,20,24,28-29H,2-3,10-16,19,21-23H2/t28?,29-/m0/s1. The van der Waals surface area contributed by atoms with Crippen molar-refractivity contribution in [2.45, 2.75) is 69.9 Å². The Morgan fingerprint density at radius 2 is 1.88 bits per heavy atom. The molecule has 2 aromatic carbocycles. The Hall–Kier alpha value is -3.90. The molecule has 5 aromatic rings. The van der Waals surface area contributed by atoms with E-state index in [1.54, 1.807) is 12.1 Å². The van der Waals surface area contributed by atoms with Crippen molar-refractivity contribution in [3.05, 3.63) is 88.7 Å². The van der Waals surface area contributed by atoms with Gasteiger partial charge in [0.1, 0.15) is 23.9 Å². The van der Waals surface area contributed by atoms with Gasteiger partial charge in [-0.1, -0.05) is 35.0 Å². The van der Waals surface area contributed by atoms with E-state index in [2.05, 4.69) is 44.0 Å². The van der Waals surface area contributed by atoms with Crippen molar-refractivity contribution < 1.29 is 18.6 Å². The summed E-state index contributed by atoms with van der Waals surface area (Å²) in [5.74, 6) is 1.51. The predicted molar refractivity (Wildman–Crippen MR) is 179 cm³/mol. The highest BCUT2D eigenvalue weighted by Gasteiger charge is 2.26. The lowest BCUT2D eigenvalue weighted by atomic mass is 9.93. The number of aromatic nitrogens is 6. The molecule has 3 aliphatic heterocycles. The summed E-state index contributed by atoms with van der Waals surface area (Å²) < 4.78 is 35.9.